The molecule has 3 nitrogen and oxygen atoms in total. The highest BCUT2D eigenvalue weighted by molar-refractivity contribution is 6.00. The van der Waals surface area contributed by atoms with Gasteiger partial charge in [0, 0.05) is 18.3 Å². The van der Waals surface area contributed by atoms with E-state index in [0.29, 0.717) is 18.7 Å². The number of nitrogens with zero attached hydrogens (tertiary/aromatic N) is 2. The Morgan fingerprint density at radius 1 is 1.32 bits per heavy atom. The first-order valence-corrected chi connectivity index (χ1v) is 6.21. The van der Waals surface area contributed by atoms with E-state index >= 15 is 0 Å². The summed E-state index contributed by atoms with van der Waals surface area (Å²) in [4.78, 5) is 8.76. The first-order valence-electron chi connectivity index (χ1n) is 6.21. The number of hydrogen-bond acceptors (Lipinski definition) is 3. The number of fused-ring (bicyclic) bond motifs is 1. The van der Waals surface area contributed by atoms with Crippen LogP contribution in [0.3, 0.4) is 0 Å². The highest BCUT2D eigenvalue weighted by Crippen LogP contribution is 2.15. The summed E-state index contributed by atoms with van der Waals surface area (Å²) in [6.45, 7) is 3.06. The van der Waals surface area contributed by atoms with Crippen LogP contribution in [0.2, 0.25) is 0 Å². The minimum atomic E-state index is -0.172. The molecule has 0 atom stereocenters. The molecule has 0 bridgehead atoms. The fourth-order valence-corrected chi connectivity index (χ4v) is 2.16. The third-order valence-electron chi connectivity index (χ3n) is 3.21. The van der Waals surface area contributed by atoms with Crippen LogP contribution in [0.15, 0.2) is 41.5 Å². The third kappa shape index (κ3) is 2.34. The van der Waals surface area contributed by atoms with E-state index in [1.807, 2.05) is 18.2 Å². The van der Waals surface area contributed by atoms with Crippen LogP contribution in [0.25, 0.3) is 0 Å². The van der Waals surface area contributed by atoms with Crippen LogP contribution >= 0.6 is 0 Å². The van der Waals surface area contributed by atoms with Crippen LogP contribution in [0, 0.1) is 12.7 Å². The van der Waals surface area contributed by atoms with Gasteiger partial charge in [0.2, 0.25) is 0 Å². The zero-order valence-corrected chi connectivity index (χ0v) is 10.7. The zero-order chi connectivity index (χ0) is 13.2. The first kappa shape index (κ1) is 11.8. The Morgan fingerprint density at radius 2 is 2.21 bits per heavy atom. The highest BCUT2D eigenvalue weighted by Gasteiger charge is 2.16. The second-order valence-electron chi connectivity index (χ2n) is 4.61. The maximum absolute atomic E-state index is 13.2. The lowest BCUT2D eigenvalue weighted by Gasteiger charge is -2.08. The van der Waals surface area contributed by atoms with Crippen LogP contribution in [-0.4, -0.2) is 10.8 Å². The molecule has 96 valence electrons. The van der Waals surface area contributed by atoms with E-state index in [1.54, 1.807) is 19.2 Å². The van der Waals surface area contributed by atoms with Crippen LogP contribution < -0.4 is 5.32 Å². The molecule has 1 aliphatic rings. The smallest absolute Gasteiger partial charge is 0.148 e. The van der Waals surface area contributed by atoms with Gasteiger partial charge in [0.25, 0.3) is 0 Å². The average molecular weight is 255 g/mol. The molecule has 0 radical (unpaired) electrons. The summed E-state index contributed by atoms with van der Waals surface area (Å²) in [7, 11) is 0. The van der Waals surface area contributed by atoms with Crippen molar-refractivity contribution in [3.8, 4) is 0 Å². The fraction of sp³-hybridized carbons (Fsp3) is 0.200. The molecule has 1 N–H and O–H groups in total. The molecule has 0 fully saturated rings. The van der Waals surface area contributed by atoms with Crippen LogP contribution in [0.1, 0.15) is 22.4 Å². The largest absolute Gasteiger partial charge is 0.364 e. The molecule has 4 heteroatoms. The van der Waals surface area contributed by atoms with Gasteiger partial charge in [-0.05, 0) is 30.2 Å². The monoisotopic (exact) mass is 255 g/mol. The number of pyridine rings is 1. The maximum Gasteiger partial charge on any atom is 0.148 e. The molecule has 0 aliphatic carbocycles. The third-order valence-corrected chi connectivity index (χ3v) is 3.21. The van der Waals surface area contributed by atoms with Crippen molar-refractivity contribution in [2.45, 2.75) is 20.0 Å². The van der Waals surface area contributed by atoms with E-state index in [1.165, 1.54) is 6.07 Å². The highest BCUT2D eigenvalue weighted by atomic mass is 19.1. The van der Waals surface area contributed by atoms with Crippen LogP contribution in [0.5, 0.6) is 0 Å². The fourth-order valence-electron chi connectivity index (χ4n) is 2.16. The van der Waals surface area contributed by atoms with Crippen molar-refractivity contribution in [1.82, 2.24) is 10.3 Å². The molecule has 0 unspecified atom stereocenters. The van der Waals surface area contributed by atoms with Crippen LogP contribution in [-0.2, 0) is 13.1 Å². The minimum Gasteiger partial charge on any atom is -0.364 e. The molecular formula is C15H14FN3. The topological polar surface area (TPSA) is 37.3 Å². The quantitative estimate of drug-likeness (QED) is 0.895. The molecule has 1 aliphatic heterocycles. The van der Waals surface area contributed by atoms with Gasteiger partial charge in [-0.2, -0.15) is 0 Å². The predicted molar refractivity (Wildman–Crippen MR) is 72.5 cm³/mol. The van der Waals surface area contributed by atoms with Gasteiger partial charge in [0.05, 0.1) is 6.54 Å². The van der Waals surface area contributed by atoms with Gasteiger partial charge in [-0.3, -0.25) is 9.98 Å². The Labute approximate surface area is 111 Å². The first-order chi connectivity index (χ1) is 9.24. The van der Waals surface area contributed by atoms with E-state index in [2.05, 4.69) is 15.3 Å². The number of hydrogen-bond donors (Lipinski definition) is 1. The molecule has 0 saturated carbocycles. The number of aromatic nitrogens is 1. The van der Waals surface area contributed by atoms with Crippen molar-refractivity contribution in [3.05, 3.63) is 64.7 Å². The Balaban J connectivity index is 1.72. The Morgan fingerprint density at radius 3 is 3.05 bits per heavy atom. The summed E-state index contributed by atoms with van der Waals surface area (Å²) in [5.41, 5.74) is 3.75. The molecular weight excluding hydrogens is 241 g/mol. The molecule has 0 amide bonds. The number of nitrogens with one attached hydrogen (secondary N) is 1. The van der Waals surface area contributed by atoms with Crippen LogP contribution in [0.4, 0.5) is 4.39 Å². The molecule has 0 saturated heterocycles. The maximum atomic E-state index is 13.2. The molecule has 0 spiro atoms. The zero-order valence-electron chi connectivity index (χ0n) is 10.7. The second-order valence-corrected chi connectivity index (χ2v) is 4.61. The van der Waals surface area contributed by atoms with E-state index in [9.17, 15) is 4.39 Å². The van der Waals surface area contributed by atoms with Crippen molar-refractivity contribution >= 4 is 5.84 Å². The van der Waals surface area contributed by atoms with Gasteiger partial charge in [-0.1, -0.05) is 18.2 Å². The summed E-state index contributed by atoms with van der Waals surface area (Å²) in [5.74, 6) is 0.645. The molecule has 19 heavy (non-hydrogen) atoms. The Hall–Kier alpha value is -2.23. The average Bonchev–Trinajstić information content (AvgIpc) is 2.83. The lowest BCUT2D eigenvalue weighted by Crippen LogP contribution is -2.23. The molecule has 1 aromatic heterocycles. The normalized spacial score (nSPS) is 13.1. The van der Waals surface area contributed by atoms with Crippen molar-refractivity contribution < 1.29 is 4.39 Å². The molecule has 2 heterocycles. The number of amidine groups is 1. The number of halogens is 1. The number of aliphatic imine (C=N–C) groups is 1. The molecule has 2 aromatic rings. The summed E-state index contributed by atoms with van der Waals surface area (Å²) in [6, 6.07) is 9.07. The Bertz CT molecular complexity index is 650. The second kappa shape index (κ2) is 4.80. The van der Waals surface area contributed by atoms with E-state index in [0.717, 1.165) is 22.7 Å². The summed E-state index contributed by atoms with van der Waals surface area (Å²) in [5, 5.41) is 3.27. The lowest BCUT2D eigenvalue weighted by molar-refractivity contribution is 0.617. The van der Waals surface area contributed by atoms with Crippen molar-refractivity contribution in [2.24, 2.45) is 4.99 Å². The van der Waals surface area contributed by atoms with Crippen molar-refractivity contribution in [2.75, 3.05) is 0 Å². The SMILES string of the molecule is Cc1cc(CNC2=NCc3cccnc32)ccc1F. The summed E-state index contributed by atoms with van der Waals surface area (Å²) < 4.78 is 13.2. The van der Waals surface area contributed by atoms with E-state index in [-0.39, 0.29) is 5.82 Å². The predicted octanol–water partition coefficient (Wildman–Crippen LogP) is 2.58. The standard InChI is InChI=1S/C15H14FN3/c1-10-7-11(4-5-13(10)16)8-18-15-14-12(9-19-15)3-2-6-17-14/h2-7H,8-9H2,1H3,(H,18,19). The van der Waals surface area contributed by atoms with Gasteiger partial charge in [-0.15, -0.1) is 0 Å². The van der Waals surface area contributed by atoms with Gasteiger partial charge < -0.3 is 5.32 Å². The molecule has 1 aromatic carbocycles. The lowest BCUT2D eigenvalue weighted by atomic mass is 10.1. The number of benzene rings is 1. The van der Waals surface area contributed by atoms with Gasteiger partial charge in [-0.25, -0.2) is 4.39 Å². The van der Waals surface area contributed by atoms with E-state index < -0.39 is 0 Å². The van der Waals surface area contributed by atoms with Crippen molar-refractivity contribution in [1.29, 1.82) is 0 Å². The Kier molecular flexibility index (Phi) is 2.99. The van der Waals surface area contributed by atoms with Gasteiger partial charge in [0.1, 0.15) is 17.3 Å². The molecule has 3 rings (SSSR count). The summed E-state index contributed by atoms with van der Waals surface area (Å²) in [6.07, 6.45) is 1.77. The van der Waals surface area contributed by atoms with Crippen molar-refractivity contribution in [3.63, 3.8) is 0 Å². The van der Waals surface area contributed by atoms with Gasteiger partial charge in [0.15, 0.2) is 0 Å². The van der Waals surface area contributed by atoms with Gasteiger partial charge >= 0.3 is 0 Å². The van der Waals surface area contributed by atoms with E-state index in [4.69, 9.17) is 0 Å². The summed E-state index contributed by atoms with van der Waals surface area (Å²) >= 11 is 0. The number of rotatable bonds is 2. The number of aryl methyl sites for hydroxylation is 1. The minimum absolute atomic E-state index is 0.172.